The van der Waals surface area contributed by atoms with Gasteiger partial charge in [0.05, 0.1) is 19.3 Å². The summed E-state index contributed by atoms with van der Waals surface area (Å²) in [7, 11) is 1.60. The summed E-state index contributed by atoms with van der Waals surface area (Å²) in [5.41, 5.74) is 0. The highest BCUT2D eigenvalue weighted by Gasteiger charge is 2.32. The Bertz CT molecular complexity index is 291. The molecule has 4 nitrogen and oxygen atoms in total. The van der Waals surface area contributed by atoms with Crippen LogP contribution in [0.15, 0.2) is 0 Å². The third kappa shape index (κ3) is 6.23. The van der Waals surface area contributed by atoms with E-state index in [0.717, 1.165) is 6.42 Å². The van der Waals surface area contributed by atoms with Crippen molar-refractivity contribution < 1.29 is 19.3 Å². The first kappa shape index (κ1) is 18.9. The summed E-state index contributed by atoms with van der Waals surface area (Å²) >= 11 is 0. The predicted octanol–water partition coefficient (Wildman–Crippen LogP) is 3.22. The molecule has 1 fully saturated rings. The zero-order valence-electron chi connectivity index (χ0n) is 14.6. The summed E-state index contributed by atoms with van der Waals surface area (Å²) in [6, 6.07) is 0. The van der Waals surface area contributed by atoms with Gasteiger partial charge < -0.3 is 19.3 Å². The minimum Gasteiger partial charge on any atom is -0.394 e. The van der Waals surface area contributed by atoms with Crippen LogP contribution in [0.3, 0.4) is 0 Å². The second kappa shape index (κ2) is 8.47. The molecule has 0 aliphatic heterocycles. The van der Waals surface area contributed by atoms with Crippen molar-refractivity contribution in [2.45, 2.75) is 71.9 Å². The second-order valence-corrected chi connectivity index (χ2v) is 7.22. The van der Waals surface area contributed by atoms with Crippen molar-refractivity contribution in [2.75, 3.05) is 20.3 Å². The Morgan fingerprint density at radius 2 is 1.90 bits per heavy atom. The van der Waals surface area contributed by atoms with Gasteiger partial charge in [-0.1, -0.05) is 27.2 Å². The van der Waals surface area contributed by atoms with E-state index in [1.54, 1.807) is 7.11 Å². The molecule has 126 valence electrons. The van der Waals surface area contributed by atoms with Crippen LogP contribution in [0.5, 0.6) is 0 Å². The molecule has 4 unspecified atom stereocenters. The van der Waals surface area contributed by atoms with Crippen LogP contribution in [-0.2, 0) is 14.2 Å². The molecule has 1 N–H and O–H groups in total. The molecule has 1 saturated carbocycles. The summed E-state index contributed by atoms with van der Waals surface area (Å²) in [5, 5.41) is 9.48. The average Bonchev–Trinajstić information content (AvgIpc) is 2.43. The predicted molar refractivity (Wildman–Crippen MR) is 84.1 cm³/mol. The average molecular weight is 302 g/mol. The van der Waals surface area contributed by atoms with Crippen LogP contribution < -0.4 is 0 Å². The first-order valence-electron chi connectivity index (χ1n) is 8.24. The van der Waals surface area contributed by atoms with Crippen LogP contribution in [0, 0.1) is 17.8 Å². The van der Waals surface area contributed by atoms with Gasteiger partial charge in [0.15, 0.2) is 5.79 Å². The highest BCUT2D eigenvalue weighted by atomic mass is 16.7. The molecule has 1 rings (SSSR count). The molecule has 0 bridgehead atoms. The van der Waals surface area contributed by atoms with E-state index in [2.05, 4.69) is 20.8 Å². The Labute approximate surface area is 130 Å². The van der Waals surface area contributed by atoms with Crippen molar-refractivity contribution in [1.29, 1.82) is 0 Å². The number of ether oxygens (including phenoxy) is 3. The molecule has 21 heavy (non-hydrogen) atoms. The lowest BCUT2D eigenvalue weighted by Gasteiger charge is -2.38. The number of hydrogen-bond acceptors (Lipinski definition) is 4. The minimum absolute atomic E-state index is 0.0542. The normalized spacial score (nSPS) is 28.9. The molecule has 1 aliphatic rings. The largest absolute Gasteiger partial charge is 0.394 e. The third-order valence-electron chi connectivity index (χ3n) is 4.60. The number of rotatable bonds is 8. The lowest BCUT2D eigenvalue weighted by atomic mass is 9.75. The zero-order valence-corrected chi connectivity index (χ0v) is 14.6. The van der Waals surface area contributed by atoms with Crippen LogP contribution in [-0.4, -0.2) is 43.4 Å². The first-order valence-corrected chi connectivity index (χ1v) is 8.24. The smallest absolute Gasteiger partial charge is 0.162 e. The summed E-state index contributed by atoms with van der Waals surface area (Å²) in [6.07, 6.45) is 3.56. The summed E-state index contributed by atoms with van der Waals surface area (Å²) in [5.74, 6) is 1.25. The summed E-state index contributed by atoms with van der Waals surface area (Å²) < 4.78 is 17.1. The number of hydrogen-bond donors (Lipinski definition) is 1. The molecule has 0 spiro atoms. The monoisotopic (exact) mass is 302 g/mol. The fraction of sp³-hybridized carbons (Fsp3) is 1.00. The molecule has 0 amide bonds. The molecule has 0 saturated heterocycles. The number of aliphatic hydroxyl groups is 1. The van der Waals surface area contributed by atoms with Crippen molar-refractivity contribution >= 4 is 0 Å². The third-order valence-corrected chi connectivity index (χ3v) is 4.60. The van der Waals surface area contributed by atoms with E-state index in [9.17, 15) is 5.11 Å². The molecule has 0 heterocycles. The number of aliphatic hydroxyl groups excluding tert-OH is 1. The second-order valence-electron chi connectivity index (χ2n) is 7.22. The van der Waals surface area contributed by atoms with Gasteiger partial charge in [0, 0.05) is 7.11 Å². The van der Waals surface area contributed by atoms with E-state index in [-0.39, 0.29) is 18.8 Å². The Morgan fingerprint density at radius 1 is 1.24 bits per heavy atom. The van der Waals surface area contributed by atoms with Gasteiger partial charge >= 0.3 is 0 Å². The fourth-order valence-electron chi connectivity index (χ4n) is 3.11. The van der Waals surface area contributed by atoms with Gasteiger partial charge in [-0.25, -0.2) is 0 Å². The highest BCUT2D eigenvalue weighted by Crippen LogP contribution is 2.35. The molecule has 4 atom stereocenters. The van der Waals surface area contributed by atoms with Crippen molar-refractivity contribution in [3.05, 3.63) is 0 Å². The Morgan fingerprint density at radius 3 is 2.43 bits per heavy atom. The van der Waals surface area contributed by atoms with Crippen molar-refractivity contribution in [3.63, 3.8) is 0 Å². The molecule has 1 aliphatic carbocycles. The van der Waals surface area contributed by atoms with E-state index in [1.807, 2.05) is 13.8 Å². The van der Waals surface area contributed by atoms with Gasteiger partial charge in [0.25, 0.3) is 0 Å². The van der Waals surface area contributed by atoms with Crippen molar-refractivity contribution in [3.8, 4) is 0 Å². The maximum Gasteiger partial charge on any atom is 0.162 e. The molecule has 0 aromatic rings. The van der Waals surface area contributed by atoms with Crippen LogP contribution in [0.25, 0.3) is 0 Å². The van der Waals surface area contributed by atoms with E-state index < -0.39 is 5.79 Å². The standard InChI is InChI=1S/C17H34O4/c1-12(2)15-8-7-13(3)9-16(15)20-11-14(10-18)21-17(4,5)19-6/h12-16,18H,7-11H2,1-6H3. The van der Waals surface area contributed by atoms with Gasteiger partial charge in [-0.05, 0) is 44.4 Å². The van der Waals surface area contributed by atoms with E-state index in [1.165, 1.54) is 12.8 Å². The molecule has 0 aromatic heterocycles. The maximum absolute atomic E-state index is 9.48. The summed E-state index contributed by atoms with van der Waals surface area (Å²) in [6.45, 7) is 10.9. The van der Waals surface area contributed by atoms with Gasteiger partial charge in [-0.15, -0.1) is 0 Å². The van der Waals surface area contributed by atoms with Crippen LogP contribution in [0.2, 0.25) is 0 Å². The molecular formula is C17H34O4. The minimum atomic E-state index is -0.700. The van der Waals surface area contributed by atoms with Crippen molar-refractivity contribution in [1.82, 2.24) is 0 Å². The van der Waals surface area contributed by atoms with Gasteiger partial charge in [0.2, 0.25) is 0 Å². The SMILES string of the molecule is COC(C)(C)OC(CO)COC1CC(C)CCC1C(C)C. The van der Waals surface area contributed by atoms with E-state index in [4.69, 9.17) is 14.2 Å². The van der Waals surface area contributed by atoms with Gasteiger partial charge in [0.1, 0.15) is 6.10 Å². The topological polar surface area (TPSA) is 47.9 Å². The Hall–Kier alpha value is -0.160. The molecule has 4 heteroatoms. The quantitative estimate of drug-likeness (QED) is 0.699. The Kier molecular flexibility index (Phi) is 7.62. The molecule has 0 radical (unpaired) electrons. The van der Waals surface area contributed by atoms with Crippen LogP contribution >= 0.6 is 0 Å². The Balaban J connectivity index is 2.52. The molecule has 0 aromatic carbocycles. The first-order chi connectivity index (χ1) is 9.79. The zero-order chi connectivity index (χ0) is 16.0. The van der Waals surface area contributed by atoms with E-state index >= 15 is 0 Å². The van der Waals surface area contributed by atoms with Crippen LogP contribution in [0.1, 0.15) is 53.9 Å². The number of methoxy groups -OCH3 is 1. The maximum atomic E-state index is 9.48. The fourth-order valence-corrected chi connectivity index (χ4v) is 3.11. The molecular weight excluding hydrogens is 268 g/mol. The van der Waals surface area contributed by atoms with Crippen LogP contribution in [0.4, 0.5) is 0 Å². The lowest BCUT2D eigenvalue weighted by Crippen LogP contribution is -2.40. The summed E-state index contributed by atoms with van der Waals surface area (Å²) in [4.78, 5) is 0. The van der Waals surface area contributed by atoms with Gasteiger partial charge in [-0.2, -0.15) is 0 Å². The van der Waals surface area contributed by atoms with E-state index in [0.29, 0.717) is 24.4 Å². The highest BCUT2D eigenvalue weighted by molar-refractivity contribution is 4.81. The lowest BCUT2D eigenvalue weighted by molar-refractivity contribution is -0.242. The van der Waals surface area contributed by atoms with Crippen molar-refractivity contribution in [2.24, 2.45) is 17.8 Å². The van der Waals surface area contributed by atoms with Gasteiger partial charge in [-0.3, -0.25) is 0 Å².